The van der Waals surface area contributed by atoms with E-state index < -0.39 is 8.56 Å². The molecule has 0 amide bonds. The van der Waals surface area contributed by atoms with Crippen molar-refractivity contribution in [3.8, 4) is 0 Å². The van der Waals surface area contributed by atoms with E-state index in [0.29, 0.717) is 6.42 Å². The second kappa shape index (κ2) is 5.75. The monoisotopic (exact) mass is 196 g/mol. The molecule has 0 fully saturated rings. The minimum absolute atomic E-state index is 0.213. The van der Waals surface area contributed by atoms with Gasteiger partial charge >= 0.3 is 8.56 Å². The van der Waals surface area contributed by atoms with E-state index >= 15 is 0 Å². The van der Waals surface area contributed by atoms with Crippen molar-refractivity contribution in [2.75, 3.05) is 0 Å². The van der Waals surface area contributed by atoms with Crippen molar-refractivity contribution in [1.29, 1.82) is 0 Å². The van der Waals surface area contributed by atoms with Gasteiger partial charge in [-0.2, -0.15) is 0 Å². The first-order valence-electron chi connectivity index (χ1n) is 3.22. The van der Waals surface area contributed by atoms with Gasteiger partial charge in [-0.3, -0.25) is 0 Å². The summed E-state index contributed by atoms with van der Waals surface area (Å²) >= 11 is 0. The third-order valence-electron chi connectivity index (χ3n) is 1.13. The van der Waals surface area contributed by atoms with Crippen LogP contribution in [0.2, 0.25) is 6.04 Å². The van der Waals surface area contributed by atoms with Gasteiger partial charge in [-0.25, -0.2) is 0 Å². The molecule has 0 saturated heterocycles. The molecule has 0 aromatic heterocycles. The van der Waals surface area contributed by atoms with Crippen molar-refractivity contribution >= 4 is 8.56 Å². The van der Waals surface area contributed by atoms with Crippen LogP contribution >= 0.6 is 0 Å². The largest absolute Gasteiger partial charge is 0.349 e. The Morgan fingerprint density at radius 2 is 1.38 bits per heavy atom. The molecule has 0 rings (SSSR count). The van der Waals surface area contributed by atoms with Crippen LogP contribution < -0.4 is 0 Å². The van der Waals surface area contributed by atoms with E-state index in [1.165, 1.54) is 0 Å². The predicted octanol–water partition coefficient (Wildman–Crippen LogP) is 3.08. The molecule has 0 aliphatic carbocycles. The fourth-order valence-electron chi connectivity index (χ4n) is 0.662. The standard InChI is InChI=1S/C3H6N9Si/c1-2-3-13(10-7-4,11-8-5)12-9-6/h1-3H2. The van der Waals surface area contributed by atoms with Crippen molar-refractivity contribution in [3.63, 3.8) is 0 Å². The highest BCUT2D eigenvalue weighted by Crippen LogP contribution is 2.18. The molecule has 0 heterocycles. The van der Waals surface area contributed by atoms with E-state index in [0.717, 1.165) is 0 Å². The molecule has 0 saturated carbocycles. The molecule has 0 N–H and O–H groups in total. The molecule has 0 unspecified atom stereocenters. The van der Waals surface area contributed by atoms with Gasteiger partial charge in [0, 0.05) is 0 Å². The lowest BCUT2D eigenvalue weighted by Crippen LogP contribution is -2.25. The Labute approximate surface area is 74.5 Å². The van der Waals surface area contributed by atoms with E-state index in [2.05, 4.69) is 36.0 Å². The third kappa shape index (κ3) is 3.37. The Morgan fingerprint density at radius 3 is 1.62 bits per heavy atom. The van der Waals surface area contributed by atoms with E-state index in [4.69, 9.17) is 16.6 Å². The summed E-state index contributed by atoms with van der Waals surface area (Å²) in [5.74, 6) is 0. The molecule has 13 heavy (non-hydrogen) atoms. The maximum atomic E-state index is 8.19. The van der Waals surface area contributed by atoms with Gasteiger partial charge < -0.3 is 0 Å². The Bertz CT molecular complexity index is 257. The lowest BCUT2D eigenvalue weighted by atomic mass is 10.6. The quantitative estimate of drug-likeness (QED) is 0.275. The average Bonchev–Trinajstić information content (AvgIpc) is 2.06. The molecule has 0 spiro atoms. The molecule has 0 aromatic carbocycles. The van der Waals surface area contributed by atoms with Crippen molar-refractivity contribution in [2.45, 2.75) is 12.5 Å². The Balaban J connectivity index is 5.12. The number of hydrogen-bond donors (Lipinski definition) is 0. The number of nitrogens with zero attached hydrogens (tertiary/aromatic N) is 9. The van der Waals surface area contributed by atoms with Gasteiger partial charge in [0.05, 0.1) is 0 Å². The fraction of sp³-hybridized carbons (Fsp3) is 0.667. The predicted molar refractivity (Wildman–Crippen MR) is 48.0 cm³/mol. The van der Waals surface area contributed by atoms with Crippen LogP contribution in [0, 0.1) is 6.92 Å². The first-order valence-corrected chi connectivity index (χ1v) is 5.27. The highest BCUT2D eigenvalue weighted by Gasteiger charge is 2.29. The molecule has 0 aromatic rings. The molecule has 0 bridgehead atoms. The van der Waals surface area contributed by atoms with Crippen LogP contribution in [0.4, 0.5) is 0 Å². The van der Waals surface area contributed by atoms with E-state index in [1.54, 1.807) is 0 Å². The normalized spacial score (nSPS) is 12.7. The maximum Gasteiger partial charge on any atom is 0.349 e. The number of hydrogen-bond acceptors (Lipinski definition) is 3. The Morgan fingerprint density at radius 1 is 1.00 bits per heavy atom. The lowest BCUT2D eigenvalue weighted by Gasteiger charge is -2.10. The van der Waals surface area contributed by atoms with Crippen molar-refractivity contribution in [2.24, 2.45) is 14.3 Å². The van der Waals surface area contributed by atoms with Crippen molar-refractivity contribution in [3.05, 3.63) is 38.3 Å². The summed E-state index contributed by atoms with van der Waals surface area (Å²) < 4.78 is 9.79. The Kier molecular flexibility index (Phi) is 4.93. The highest BCUT2D eigenvalue weighted by atomic mass is 28.4. The number of rotatable bonds is 5. The summed E-state index contributed by atoms with van der Waals surface area (Å²) in [5.41, 5.74) is 24.6. The van der Waals surface area contributed by atoms with Gasteiger partial charge in [-0.05, 0) is 37.4 Å². The van der Waals surface area contributed by atoms with Crippen LogP contribution in [-0.2, 0) is 0 Å². The summed E-state index contributed by atoms with van der Waals surface area (Å²) in [4.78, 5) is 7.48. The summed E-state index contributed by atoms with van der Waals surface area (Å²) in [7, 11) is -3.23. The number of azide groups is 1. The minimum atomic E-state index is -3.23. The first kappa shape index (κ1) is 11.1. The van der Waals surface area contributed by atoms with E-state index in [1.807, 2.05) is 0 Å². The van der Waals surface area contributed by atoms with Crippen molar-refractivity contribution < 1.29 is 0 Å². The van der Waals surface area contributed by atoms with Crippen LogP contribution in [0.15, 0.2) is 14.3 Å². The van der Waals surface area contributed by atoms with Crippen molar-refractivity contribution in [1.82, 2.24) is 0 Å². The summed E-state index contributed by atoms with van der Waals surface area (Å²) in [6.45, 7) is 3.50. The van der Waals surface area contributed by atoms with Crippen LogP contribution in [-0.4, -0.2) is 8.56 Å². The minimum Gasteiger partial charge on any atom is -0.110 e. The highest BCUT2D eigenvalue weighted by molar-refractivity contribution is 6.74. The summed E-state index contributed by atoms with van der Waals surface area (Å²) in [6.07, 6.45) is 0.378. The molecule has 0 aliphatic heterocycles. The first-order chi connectivity index (χ1) is 6.24. The second-order valence-electron chi connectivity index (χ2n) is 1.95. The molecule has 67 valence electrons. The second-order valence-corrected chi connectivity index (χ2v) is 4.59. The topological polar surface area (TPSA) is 146 Å². The smallest absolute Gasteiger partial charge is 0.110 e. The van der Waals surface area contributed by atoms with Gasteiger partial charge in [-0.15, -0.1) is 14.3 Å². The molecule has 0 atom stereocenters. The Hall–Kier alpha value is -1.85. The fourth-order valence-corrected chi connectivity index (χ4v) is 1.99. The SMILES string of the molecule is [CH2]CC[Si](N=[N+]=[N-])(N=[N+]=[N-])N=[N+]=[N-]. The maximum absolute atomic E-state index is 8.19. The van der Waals surface area contributed by atoms with Crippen LogP contribution in [0.25, 0.3) is 31.3 Å². The zero-order chi connectivity index (χ0) is 10.2. The third-order valence-corrected chi connectivity index (χ3v) is 3.38. The lowest BCUT2D eigenvalue weighted by molar-refractivity contribution is 1.10. The van der Waals surface area contributed by atoms with E-state index in [9.17, 15) is 0 Å². The van der Waals surface area contributed by atoms with Gasteiger partial charge in [0.25, 0.3) is 0 Å². The molecule has 9 nitrogen and oxygen atoms in total. The molecular weight excluding hydrogens is 190 g/mol. The zero-order valence-electron chi connectivity index (χ0n) is 6.65. The zero-order valence-corrected chi connectivity index (χ0v) is 7.65. The molecular formula is C3H6N9Si. The van der Waals surface area contributed by atoms with Gasteiger partial charge in [-0.1, -0.05) is 13.3 Å². The van der Waals surface area contributed by atoms with Gasteiger partial charge in [0.1, 0.15) is 0 Å². The molecule has 10 heteroatoms. The van der Waals surface area contributed by atoms with Crippen LogP contribution in [0.5, 0.6) is 0 Å². The summed E-state index contributed by atoms with van der Waals surface area (Å²) in [5, 5.41) is 0. The molecule has 1 radical (unpaired) electrons. The summed E-state index contributed by atoms with van der Waals surface area (Å²) in [6, 6.07) is 0.213. The van der Waals surface area contributed by atoms with E-state index in [-0.39, 0.29) is 6.04 Å². The molecule has 0 aliphatic rings. The van der Waals surface area contributed by atoms with Gasteiger partial charge in [0.2, 0.25) is 0 Å². The van der Waals surface area contributed by atoms with Crippen LogP contribution in [0.3, 0.4) is 0 Å². The van der Waals surface area contributed by atoms with Gasteiger partial charge in [0.15, 0.2) is 0 Å². The van der Waals surface area contributed by atoms with Crippen LogP contribution in [0.1, 0.15) is 6.42 Å². The average molecular weight is 196 g/mol.